The highest BCUT2D eigenvalue weighted by molar-refractivity contribution is 7.09. The van der Waals surface area contributed by atoms with Crippen LogP contribution in [-0.2, 0) is 6.54 Å². The Morgan fingerprint density at radius 3 is 2.93 bits per heavy atom. The molecule has 0 aliphatic carbocycles. The molecule has 0 amide bonds. The second kappa shape index (κ2) is 6.92. The van der Waals surface area contributed by atoms with E-state index in [0.717, 1.165) is 31.7 Å². The molecular formula is C10H19N3S. The average Bonchev–Trinajstić information content (AvgIpc) is 2.58. The lowest BCUT2D eigenvalue weighted by molar-refractivity contribution is 0.605. The van der Waals surface area contributed by atoms with Crippen LogP contribution in [-0.4, -0.2) is 18.1 Å². The highest BCUT2D eigenvalue weighted by atomic mass is 32.1. The zero-order valence-electron chi connectivity index (χ0n) is 8.75. The third kappa shape index (κ3) is 4.69. The summed E-state index contributed by atoms with van der Waals surface area (Å²) in [5.41, 5.74) is 6.53. The fourth-order valence-corrected chi connectivity index (χ4v) is 1.99. The number of unbranched alkanes of at least 4 members (excludes halogenated alkanes) is 2. The molecule has 3 nitrogen and oxygen atoms in total. The summed E-state index contributed by atoms with van der Waals surface area (Å²) in [6, 6.07) is 0. The molecule has 14 heavy (non-hydrogen) atoms. The minimum atomic E-state index is 0.811. The molecule has 0 bridgehead atoms. The summed E-state index contributed by atoms with van der Waals surface area (Å²) in [7, 11) is 0. The number of rotatable bonds is 7. The molecule has 0 unspecified atom stereocenters. The first kappa shape index (κ1) is 11.6. The highest BCUT2D eigenvalue weighted by Crippen LogP contribution is 2.07. The van der Waals surface area contributed by atoms with Crippen molar-refractivity contribution in [1.82, 2.24) is 10.3 Å². The maximum absolute atomic E-state index is 5.41. The van der Waals surface area contributed by atoms with Crippen molar-refractivity contribution in [2.45, 2.75) is 32.7 Å². The predicted molar refractivity (Wildman–Crippen MR) is 61.5 cm³/mol. The monoisotopic (exact) mass is 213 g/mol. The van der Waals surface area contributed by atoms with Gasteiger partial charge in [0, 0.05) is 17.6 Å². The van der Waals surface area contributed by atoms with E-state index in [0.29, 0.717) is 0 Å². The first-order valence-electron chi connectivity index (χ1n) is 5.14. The quantitative estimate of drug-likeness (QED) is 0.677. The van der Waals surface area contributed by atoms with E-state index in [-0.39, 0.29) is 0 Å². The largest absolute Gasteiger partial charge is 0.330 e. The van der Waals surface area contributed by atoms with Gasteiger partial charge in [0.25, 0.3) is 0 Å². The first-order valence-corrected chi connectivity index (χ1v) is 6.02. The fraction of sp³-hybridized carbons (Fsp3) is 0.700. The first-order chi connectivity index (χ1) is 6.83. The van der Waals surface area contributed by atoms with Crippen LogP contribution in [0.5, 0.6) is 0 Å². The smallest absolute Gasteiger partial charge is 0.107 e. The molecule has 0 aromatic carbocycles. The van der Waals surface area contributed by atoms with Crippen LogP contribution in [0.15, 0.2) is 5.38 Å². The van der Waals surface area contributed by atoms with Gasteiger partial charge < -0.3 is 11.1 Å². The predicted octanol–water partition coefficient (Wildman–Crippen LogP) is 1.67. The van der Waals surface area contributed by atoms with Crippen molar-refractivity contribution in [3.8, 4) is 0 Å². The molecule has 4 heteroatoms. The molecule has 0 fully saturated rings. The lowest BCUT2D eigenvalue weighted by atomic mass is 10.2. The van der Waals surface area contributed by atoms with Crippen LogP contribution in [0, 0.1) is 6.92 Å². The Hall–Kier alpha value is -0.450. The Morgan fingerprint density at radius 1 is 1.43 bits per heavy atom. The van der Waals surface area contributed by atoms with E-state index in [2.05, 4.69) is 15.7 Å². The standard InChI is InChI=1S/C10H19N3S/c1-9-8-14-10(13-9)7-12-6-4-2-3-5-11/h8,12H,2-7,11H2,1H3. The number of nitrogens with two attached hydrogens (primary N) is 1. The van der Waals surface area contributed by atoms with Gasteiger partial charge in [0.2, 0.25) is 0 Å². The Balaban J connectivity index is 1.99. The lowest BCUT2D eigenvalue weighted by Crippen LogP contribution is -2.14. The number of nitrogens with zero attached hydrogens (tertiary/aromatic N) is 1. The molecule has 0 atom stereocenters. The van der Waals surface area contributed by atoms with Crippen molar-refractivity contribution in [3.63, 3.8) is 0 Å². The number of aromatic nitrogens is 1. The number of nitrogens with one attached hydrogen (secondary N) is 1. The van der Waals surface area contributed by atoms with Crippen LogP contribution < -0.4 is 11.1 Å². The molecule has 1 rings (SSSR count). The minimum absolute atomic E-state index is 0.811. The van der Waals surface area contributed by atoms with Crippen LogP contribution in [0.4, 0.5) is 0 Å². The minimum Gasteiger partial charge on any atom is -0.330 e. The van der Waals surface area contributed by atoms with Crippen molar-refractivity contribution in [2.75, 3.05) is 13.1 Å². The molecule has 0 saturated heterocycles. The van der Waals surface area contributed by atoms with E-state index in [4.69, 9.17) is 5.73 Å². The van der Waals surface area contributed by atoms with Crippen molar-refractivity contribution >= 4 is 11.3 Å². The molecule has 3 N–H and O–H groups in total. The van der Waals surface area contributed by atoms with Gasteiger partial charge in [-0.25, -0.2) is 4.98 Å². The van der Waals surface area contributed by atoms with Crippen LogP contribution in [0.3, 0.4) is 0 Å². The summed E-state index contributed by atoms with van der Waals surface area (Å²) in [4.78, 5) is 4.38. The zero-order valence-corrected chi connectivity index (χ0v) is 9.57. The number of aryl methyl sites for hydroxylation is 1. The van der Waals surface area contributed by atoms with Crippen LogP contribution in [0.1, 0.15) is 30.0 Å². The third-order valence-electron chi connectivity index (χ3n) is 2.00. The van der Waals surface area contributed by atoms with E-state index in [9.17, 15) is 0 Å². The van der Waals surface area contributed by atoms with Crippen molar-refractivity contribution in [3.05, 3.63) is 16.1 Å². The number of hydrogen-bond donors (Lipinski definition) is 2. The molecule has 0 spiro atoms. The Morgan fingerprint density at radius 2 is 2.29 bits per heavy atom. The number of thiazole rings is 1. The normalized spacial score (nSPS) is 10.7. The van der Waals surface area contributed by atoms with Gasteiger partial charge in [-0.1, -0.05) is 6.42 Å². The maximum Gasteiger partial charge on any atom is 0.107 e. The fourth-order valence-electron chi connectivity index (χ4n) is 1.25. The Kier molecular flexibility index (Phi) is 5.75. The van der Waals surface area contributed by atoms with Crippen LogP contribution in [0.25, 0.3) is 0 Å². The molecule has 0 radical (unpaired) electrons. The summed E-state index contributed by atoms with van der Waals surface area (Å²) < 4.78 is 0. The van der Waals surface area contributed by atoms with Crippen molar-refractivity contribution in [1.29, 1.82) is 0 Å². The van der Waals surface area contributed by atoms with E-state index in [1.165, 1.54) is 17.8 Å². The SMILES string of the molecule is Cc1csc(CNCCCCCN)n1. The van der Waals surface area contributed by atoms with E-state index >= 15 is 0 Å². The average molecular weight is 213 g/mol. The Labute approximate surface area is 89.7 Å². The van der Waals surface area contributed by atoms with Gasteiger partial charge in [-0.2, -0.15) is 0 Å². The van der Waals surface area contributed by atoms with Gasteiger partial charge in [0.05, 0.1) is 0 Å². The third-order valence-corrected chi connectivity index (χ3v) is 2.97. The summed E-state index contributed by atoms with van der Waals surface area (Å²) in [5.74, 6) is 0. The van der Waals surface area contributed by atoms with Gasteiger partial charge in [-0.3, -0.25) is 0 Å². The van der Waals surface area contributed by atoms with Crippen molar-refractivity contribution < 1.29 is 0 Å². The topological polar surface area (TPSA) is 50.9 Å². The molecule has 0 aliphatic heterocycles. The molecule has 1 heterocycles. The molecule has 80 valence electrons. The Bertz CT molecular complexity index is 247. The second-order valence-electron chi connectivity index (χ2n) is 3.41. The van der Waals surface area contributed by atoms with E-state index in [1.807, 2.05) is 6.92 Å². The molecule has 0 saturated carbocycles. The van der Waals surface area contributed by atoms with Crippen LogP contribution in [0.2, 0.25) is 0 Å². The van der Waals surface area contributed by atoms with E-state index in [1.54, 1.807) is 11.3 Å². The lowest BCUT2D eigenvalue weighted by Gasteiger charge is -2.01. The highest BCUT2D eigenvalue weighted by Gasteiger charge is 1.96. The van der Waals surface area contributed by atoms with Gasteiger partial charge >= 0.3 is 0 Å². The zero-order chi connectivity index (χ0) is 10.2. The summed E-state index contributed by atoms with van der Waals surface area (Å²) in [6.45, 7) is 4.81. The number of hydrogen-bond acceptors (Lipinski definition) is 4. The molecule has 0 aliphatic rings. The van der Waals surface area contributed by atoms with Gasteiger partial charge in [0.1, 0.15) is 5.01 Å². The van der Waals surface area contributed by atoms with E-state index < -0.39 is 0 Å². The van der Waals surface area contributed by atoms with Crippen LogP contribution >= 0.6 is 11.3 Å². The summed E-state index contributed by atoms with van der Waals surface area (Å²) in [6.07, 6.45) is 3.57. The van der Waals surface area contributed by atoms with Gasteiger partial charge in [-0.05, 0) is 32.9 Å². The maximum atomic E-state index is 5.41. The van der Waals surface area contributed by atoms with Crippen molar-refractivity contribution in [2.24, 2.45) is 5.73 Å². The molecular weight excluding hydrogens is 194 g/mol. The van der Waals surface area contributed by atoms with Gasteiger partial charge in [0.15, 0.2) is 0 Å². The second-order valence-corrected chi connectivity index (χ2v) is 4.35. The molecule has 1 aromatic rings. The summed E-state index contributed by atoms with van der Waals surface area (Å²) in [5, 5.41) is 6.65. The summed E-state index contributed by atoms with van der Waals surface area (Å²) >= 11 is 1.72. The van der Waals surface area contributed by atoms with Gasteiger partial charge in [-0.15, -0.1) is 11.3 Å². The molecule has 1 aromatic heterocycles.